The Hall–Kier alpha value is -3.46. The van der Waals surface area contributed by atoms with E-state index in [2.05, 4.69) is 10.3 Å². The van der Waals surface area contributed by atoms with Gasteiger partial charge in [-0.2, -0.15) is 0 Å². The topological polar surface area (TPSA) is 106 Å². The Morgan fingerprint density at radius 1 is 1.14 bits per heavy atom. The van der Waals surface area contributed by atoms with Crippen molar-refractivity contribution in [2.75, 3.05) is 18.4 Å². The fourth-order valence-electron chi connectivity index (χ4n) is 4.56. The number of carbonyl (C=O) groups excluding carboxylic acids is 2. The zero-order chi connectivity index (χ0) is 25.3. The molecule has 9 nitrogen and oxygen atoms in total. The van der Waals surface area contributed by atoms with Crippen LogP contribution in [0.5, 0.6) is 0 Å². The first-order valence-electron chi connectivity index (χ1n) is 11.7. The lowest BCUT2D eigenvalue weighted by molar-refractivity contribution is -0.119. The average Bonchev–Trinajstić information content (AvgIpc) is 2.84. The van der Waals surface area contributed by atoms with Crippen molar-refractivity contribution in [3.8, 4) is 0 Å². The number of rotatable bonds is 5. The number of fused-ring (bicyclic) bond motifs is 1. The second-order valence-electron chi connectivity index (χ2n) is 8.80. The maximum atomic E-state index is 13.8. The molecule has 1 aliphatic rings. The Balaban J connectivity index is 1.87. The number of piperidine rings is 1. The van der Waals surface area contributed by atoms with Gasteiger partial charge in [-0.15, -0.1) is 0 Å². The van der Waals surface area contributed by atoms with Crippen LogP contribution in [0, 0.1) is 6.92 Å². The van der Waals surface area contributed by atoms with Gasteiger partial charge >= 0.3 is 5.69 Å². The summed E-state index contributed by atoms with van der Waals surface area (Å²) in [4.78, 5) is 59.8. The third kappa shape index (κ3) is 4.73. The first kappa shape index (κ1) is 24.7. The van der Waals surface area contributed by atoms with Gasteiger partial charge in [-0.05, 0) is 56.9 Å². The van der Waals surface area contributed by atoms with E-state index >= 15 is 0 Å². The maximum absolute atomic E-state index is 13.8. The summed E-state index contributed by atoms with van der Waals surface area (Å²) < 4.78 is 2.15. The summed E-state index contributed by atoms with van der Waals surface area (Å²) in [5.74, 6) is -0.795. The molecule has 1 saturated heterocycles. The summed E-state index contributed by atoms with van der Waals surface area (Å²) in [6, 6.07) is 7.10. The van der Waals surface area contributed by atoms with E-state index in [1.165, 1.54) is 11.6 Å². The molecule has 0 saturated carbocycles. The molecule has 1 aliphatic heterocycles. The first-order chi connectivity index (χ1) is 16.7. The van der Waals surface area contributed by atoms with E-state index in [1.807, 2.05) is 0 Å². The second kappa shape index (κ2) is 10.0. The van der Waals surface area contributed by atoms with E-state index < -0.39 is 23.2 Å². The van der Waals surface area contributed by atoms with Crippen LogP contribution in [-0.4, -0.2) is 43.9 Å². The van der Waals surface area contributed by atoms with Gasteiger partial charge in [0.15, 0.2) is 0 Å². The lowest BCUT2D eigenvalue weighted by atomic mass is 10.1. The number of hydrogen-bond acceptors (Lipinski definition) is 5. The van der Waals surface area contributed by atoms with Crippen LogP contribution >= 0.6 is 11.6 Å². The van der Waals surface area contributed by atoms with Crippen LogP contribution in [0.2, 0.25) is 5.02 Å². The van der Waals surface area contributed by atoms with E-state index in [9.17, 15) is 19.2 Å². The molecule has 1 aromatic carbocycles. The van der Waals surface area contributed by atoms with Crippen molar-refractivity contribution >= 4 is 40.1 Å². The molecule has 35 heavy (non-hydrogen) atoms. The highest BCUT2D eigenvalue weighted by Gasteiger charge is 2.29. The number of benzene rings is 1. The van der Waals surface area contributed by atoms with Crippen molar-refractivity contribution in [1.82, 2.24) is 19.0 Å². The number of amides is 2. The number of likely N-dealkylation sites (tertiary alicyclic amines) is 1. The van der Waals surface area contributed by atoms with Crippen LogP contribution in [0.3, 0.4) is 0 Å². The first-order valence-corrected chi connectivity index (χ1v) is 12.1. The molecule has 10 heteroatoms. The third-order valence-corrected chi connectivity index (χ3v) is 6.57. The molecular weight excluding hydrogens is 470 g/mol. The van der Waals surface area contributed by atoms with Crippen molar-refractivity contribution in [2.24, 2.45) is 7.05 Å². The Morgan fingerprint density at radius 3 is 2.51 bits per heavy atom. The largest absolute Gasteiger partial charge is 0.339 e. The smallest absolute Gasteiger partial charge is 0.333 e. The van der Waals surface area contributed by atoms with Crippen molar-refractivity contribution < 1.29 is 9.59 Å². The number of nitrogens with one attached hydrogen (secondary N) is 1. The molecule has 2 aromatic heterocycles. The Morgan fingerprint density at radius 2 is 1.86 bits per heavy atom. The fraction of sp³-hybridized carbons (Fsp3) is 0.400. The summed E-state index contributed by atoms with van der Waals surface area (Å²) in [7, 11) is 1.49. The summed E-state index contributed by atoms with van der Waals surface area (Å²) in [5.41, 5.74) is -0.0784. The number of halogens is 1. The highest BCUT2D eigenvalue weighted by molar-refractivity contribution is 6.30. The molecule has 1 N–H and O–H groups in total. The van der Waals surface area contributed by atoms with E-state index in [4.69, 9.17) is 11.6 Å². The molecule has 1 atom stereocenters. The molecule has 184 valence electrons. The molecule has 3 aromatic rings. The molecule has 0 bridgehead atoms. The molecule has 1 fully saturated rings. The molecule has 1 unspecified atom stereocenters. The quantitative estimate of drug-likeness (QED) is 0.582. The van der Waals surface area contributed by atoms with Crippen molar-refractivity contribution in [2.45, 2.75) is 45.6 Å². The SMILES string of the molecule is CCC(C(=O)Nc1cccc(Cl)c1)n1c(=O)c2c(C(=O)N3CCCCC3)cc(C)nc2n(C)c1=O. The molecule has 0 aliphatic carbocycles. The number of carbonyl (C=O) groups is 2. The molecule has 0 spiro atoms. The van der Waals surface area contributed by atoms with Gasteiger partial charge in [0, 0.05) is 36.5 Å². The van der Waals surface area contributed by atoms with Gasteiger partial charge in [0.1, 0.15) is 11.7 Å². The van der Waals surface area contributed by atoms with Gasteiger partial charge in [-0.3, -0.25) is 19.0 Å². The summed E-state index contributed by atoms with van der Waals surface area (Å²) in [6.45, 7) is 4.66. The minimum Gasteiger partial charge on any atom is -0.339 e. The number of anilines is 1. The Labute approximate surface area is 207 Å². The van der Waals surface area contributed by atoms with E-state index in [0.29, 0.717) is 29.5 Å². The van der Waals surface area contributed by atoms with E-state index in [0.717, 1.165) is 23.8 Å². The van der Waals surface area contributed by atoms with Crippen LogP contribution in [-0.2, 0) is 11.8 Å². The fourth-order valence-corrected chi connectivity index (χ4v) is 4.75. The van der Waals surface area contributed by atoms with Crippen molar-refractivity contribution in [3.05, 3.63) is 67.4 Å². The minimum atomic E-state index is -1.09. The van der Waals surface area contributed by atoms with Gasteiger partial charge < -0.3 is 10.2 Å². The number of nitrogens with zero attached hydrogens (tertiary/aromatic N) is 4. The second-order valence-corrected chi connectivity index (χ2v) is 9.24. The molecular formula is C25H28ClN5O4. The Bertz CT molecular complexity index is 1420. The molecule has 3 heterocycles. The monoisotopic (exact) mass is 497 g/mol. The lowest BCUT2D eigenvalue weighted by Crippen LogP contribution is -2.46. The van der Waals surface area contributed by atoms with Crippen LogP contribution in [0.4, 0.5) is 5.69 Å². The lowest BCUT2D eigenvalue weighted by Gasteiger charge is -2.27. The summed E-state index contributed by atoms with van der Waals surface area (Å²) in [6.07, 6.45) is 3.04. The summed E-state index contributed by atoms with van der Waals surface area (Å²) in [5, 5.41) is 3.22. The zero-order valence-corrected chi connectivity index (χ0v) is 20.8. The van der Waals surface area contributed by atoms with Crippen molar-refractivity contribution in [3.63, 3.8) is 0 Å². The van der Waals surface area contributed by atoms with E-state index in [1.54, 1.807) is 49.1 Å². The highest BCUT2D eigenvalue weighted by Crippen LogP contribution is 2.21. The normalized spacial score (nSPS) is 14.7. The van der Waals surface area contributed by atoms with Gasteiger partial charge in [-0.1, -0.05) is 24.6 Å². The number of aryl methyl sites for hydroxylation is 2. The minimum absolute atomic E-state index is 0.0438. The van der Waals surface area contributed by atoms with Crippen LogP contribution in [0.1, 0.15) is 54.7 Å². The maximum Gasteiger partial charge on any atom is 0.333 e. The van der Waals surface area contributed by atoms with Gasteiger partial charge in [0.05, 0.1) is 10.9 Å². The Kier molecular flexibility index (Phi) is 7.07. The third-order valence-electron chi connectivity index (χ3n) is 6.34. The molecule has 2 amide bonds. The zero-order valence-electron chi connectivity index (χ0n) is 20.0. The van der Waals surface area contributed by atoms with Gasteiger partial charge in [-0.25, -0.2) is 14.3 Å². The average molecular weight is 498 g/mol. The molecule has 0 radical (unpaired) electrons. The standard InChI is InChI=1S/C25H28ClN5O4/c1-4-19(22(32)28-17-10-8-9-16(26)14-17)31-24(34)20-18(23(33)30-11-6-5-7-12-30)13-15(2)27-21(20)29(3)25(31)35/h8-10,13-14,19H,4-7,11-12H2,1-3H3,(H,28,32). The predicted molar refractivity (Wildman–Crippen MR) is 135 cm³/mol. The molecule has 4 rings (SSSR count). The number of aromatic nitrogens is 3. The van der Waals surface area contributed by atoms with Gasteiger partial charge in [0.2, 0.25) is 5.91 Å². The number of pyridine rings is 1. The highest BCUT2D eigenvalue weighted by atomic mass is 35.5. The van der Waals surface area contributed by atoms with Crippen LogP contribution < -0.4 is 16.6 Å². The number of hydrogen-bond donors (Lipinski definition) is 1. The predicted octanol–water partition coefficient (Wildman–Crippen LogP) is 3.27. The van der Waals surface area contributed by atoms with Crippen LogP contribution in [0.25, 0.3) is 11.0 Å². The van der Waals surface area contributed by atoms with Gasteiger partial charge in [0.25, 0.3) is 11.5 Å². The summed E-state index contributed by atoms with van der Waals surface area (Å²) >= 11 is 6.02. The van der Waals surface area contributed by atoms with Crippen LogP contribution in [0.15, 0.2) is 39.9 Å². The van der Waals surface area contributed by atoms with E-state index in [-0.39, 0.29) is 28.9 Å². The van der Waals surface area contributed by atoms with Crippen molar-refractivity contribution in [1.29, 1.82) is 0 Å².